The van der Waals surface area contributed by atoms with Gasteiger partial charge < -0.3 is 15.8 Å². The molecule has 0 fully saturated rings. The van der Waals surface area contributed by atoms with Gasteiger partial charge >= 0.3 is 0 Å². The summed E-state index contributed by atoms with van der Waals surface area (Å²) in [6, 6.07) is 4.85. The van der Waals surface area contributed by atoms with Crippen LogP contribution in [0.1, 0.15) is 24.2 Å². The van der Waals surface area contributed by atoms with E-state index in [-0.39, 0.29) is 11.8 Å². The Morgan fingerprint density at radius 2 is 2.33 bits per heavy atom. The third-order valence-electron chi connectivity index (χ3n) is 2.56. The summed E-state index contributed by atoms with van der Waals surface area (Å²) in [5.74, 6) is 0.618. The second kappa shape index (κ2) is 6.81. The summed E-state index contributed by atoms with van der Waals surface area (Å²) >= 11 is 0. The molecule has 0 spiro atoms. The van der Waals surface area contributed by atoms with E-state index in [2.05, 4.69) is 11.9 Å². The van der Waals surface area contributed by atoms with E-state index < -0.39 is 0 Å². The van der Waals surface area contributed by atoms with Crippen molar-refractivity contribution >= 4 is 11.5 Å². The number of benzene rings is 1. The number of hydrogen-bond acceptors (Lipinski definition) is 4. The average Bonchev–Trinajstić information content (AvgIpc) is 2.37. The van der Waals surface area contributed by atoms with E-state index in [1.54, 1.807) is 24.3 Å². The number of rotatable bonds is 7. The van der Waals surface area contributed by atoms with Crippen molar-refractivity contribution in [2.75, 3.05) is 18.9 Å². The first-order valence-corrected chi connectivity index (χ1v) is 6.01. The number of carbonyl (C=O) groups excluding carboxylic acids is 1. The highest BCUT2D eigenvalue weighted by Crippen LogP contribution is 2.23. The van der Waals surface area contributed by atoms with Gasteiger partial charge in [-0.2, -0.15) is 0 Å². The third-order valence-corrected chi connectivity index (χ3v) is 2.56. The van der Waals surface area contributed by atoms with Crippen LogP contribution in [-0.4, -0.2) is 25.0 Å². The van der Waals surface area contributed by atoms with Gasteiger partial charge in [-0.3, -0.25) is 4.79 Å². The number of carbonyl (C=O) groups is 1. The molecule has 0 radical (unpaired) electrons. The molecule has 0 saturated carbocycles. The van der Waals surface area contributed by atoms with E-state index in [1.165, 1.54) is 0 Å². The lowest BCUT2D eigenvalue weighted by molar-refractivity contribution is 0.0953. The standard InChI is InChI=1S/C14H20N2O2/c1-4-8-16-10(3)14(17)11-6-7-13(18-5-2)12(15)9-11/h4,6-7,9-10,16H,1,5,8,15H2,2-3H3. The zero-order valence-corrected chi connectivity index (χ0v) is 10.9. The van der Waals surface area contributed by atoms with Crippen LogP contribution >= 0.6 is 0 Å². The monoisotopic (exact) mass is 248 g/mol. The molecular formula is C14H20N2O2. The Kier molecular flexibility index (Phi) is 5.39. The van der Waals surface area contributed by atoms with Crippen LogP contribution in [0.3, 0.4) is 0 Å². The van der Waals surface area contributed by atoms with Crippen molar-refractivity contribution in [2.45, 2.75) is 19.9 Å². The second-order valence-electron chi connectivity index (χ2n) is 3.97. The van der Waals surface area contributed by atoms with Crippen LogP contribution < -0.4 is 15.8 Å². The van der Waals surface area contributed by atoms with Crippen molar-refractivity contribution in [3.8, 4) is 5.75 Å². The summed E-state index contributed by atoms with van der Waals surface area (Å²) in [6.07, 6.45) is 1.72. The largest absolute Gasteiger partial charge is 0.492 e. The third kappa shape index (κ3) is 3.60. The lowest BCUT2D eigenvalue weighted by Crippen LogP contribution is -2.34. The number of Topliss-reactive ketones (excluding diaryl/α,β-unsaturated/α-hetero) is 1. The Bertz CT molecular complexity index is 430. The number of hydrogen-bond donors (Lipinski definition) is 2. The molecule has 0 aliphatic heterocycles. The van der Waals surface area contributed by atoms with E-state index in [0.29, 0.717) is 30.2 Å². The van der Waals surface area contributed by atoms with E-state index in [9.17, 15) is 4.79 Å². The fraction of sp³-hybridized carbons (Fsp3) is 0.357. The maximum absolute atomic E-state index is 12.1. The quantitative estimate of drug-likeness (QED) is 0.440. The molecule has 4 nitrogen and oxygen atoms in total. The van der Waals surface area contributed by atoms with Crippen molar-refractivity contribution in [3.05, 3.63) is 36.4 Å². The molecular weight excluding hydrogens is 228 g/mol. The predicted molar refractivity (Wildman–Crippen MR) is 74.0 cm³/mol. The minimum Gasteiger partial charge on any atom is -0.492 e. The first-order chi connectivity index (χ1) is 8.60. The van der Waals surface area contributed by atoms with E-state index in [1.807, 2.05) is 13.8 Å². The molecule has 18 heavy (non-hydrogen) atoms. The highest BCUT2D eigenvalue weighted by Gasteiger charge is 2.15. The Labute approximate surface area is 108 Å². The van der Waals surface area contributed by atoms with Gasteiger partial charge in [0.2, 0.25) is 0 Å². The van der Waals surface area contributed by atoms with Gasteiger partial charge in [-0.25, -0.2) is 0 Å². The molecule has 1 rings (SSSR count). The maximum atomic E-state index is 12.1. The Morgan fingerprint density at radius 3 is 2.89 bits per heavy atom. The summed E-state index contributed by atoms with van der Waals surface area (Å²) in [5.41, 5.74) is 6.90. The van der Waals surface area contributed by atoms with Crippen LogP contribution in [0.4, 0.5) is 5.69 Å². The molecule has 1 unspecified atom stereocenters. The number of anilines is 1. The van der Waals surface area contributed by atoms with Crippen molar-refractivity contribution in [1.82, 2.24) is 5.32 Å². The molecule has 4 heteroatoms. The molecule has 0 heterocycles. The van der Waals surface area contributed by atoms with Gasteiger partial charge in [0.1, 0.15) is 5.75 Å². The van der Waals surface area contributed by atoms with Gasteiger partial charge in [0.25, 0.3) is 0 Å². The Hall–Kier alpha value is -1.81. The molecule has 98 valence electrons. The van der Waals surface area contributed by atoms with Gasteiger partial charge in [-0.1, -0.05) is 6.08 Å². The van der Waals surface area contributed by atoms with Crippen LogP contribution in [0.5, 0.6) is 5.75 Å². The van der Waals surface area contributed by atoms with Crippen LogP contribution in [-0.2, 0) is 0 Å². The number of nitrogens with one attached hydrogen (secondary N) is 1. The average molecular weight is 248 g/mol. The van der Waals surface area contributed by atoms with Gasteiger partial charge in [-0.15, -0.1) is 6.58 Å². The highest BCUT2D eigenvalue weighted by atomic mass is 16.5. The number of ketones is 1. The van der Waals surface area contributed by atoms with Crippen LogP contribution in [0.25, 0.3) is 0 Å². The summed E-state index contributed by atoms with van der Waals surface area (Å²) in [5, 5.41) is 3.05. The molecule has 1 aromatic rings. The summed E-state index contributed by atoms with van der Waals surface area (Å²) < 4.78 is 5.33. The highest BCUT2D eigenvalue weighted by molar-refractivity contribution is 6.00. The molecule has 1 atom stereocenters. The van der Waals surface area contributed by atoms with Crippen molar-refractivity contribution < 1.29 is 9.53 Å². The molecule has 0 amide bonds. The smallest absolute Gasteiger partial charge is 0.179 e. The number of nitrogen functional groups attached to an aromatic ring is 1. The lowest BCUT2D eigenvalue weighted by Gasteiger charge is -2.13. The molecule has 0 aromatic heterocycles. The SMILES string of the molecule is C=CCNC(C)C(=O)c1ccc(OCC)c(N)c1. The number of nitrogens with two attached hydrogens (primary N) is 1. The summed E-state index contributed by atoms with van der Waals surface area (Å²) in [4.78, 5) is 12.1. The van der Waals surface area contributed by atoms with Crippen LogP contribution in [0, 0.1) is 0 Å². The van der Waals surface area contributed by atoms with E-state index in [4.69, 9.17) is 10.5 Å². The van der Waals surface area contributed by atoms with Crippen LogP contribution in [0.15, 0.2) is 30.9 Å². The fourth-order valence-electron chi connectivity index (χ4n) is 1.59. The molecule has 1 aromatic carbocycles. The van der Waals surface area contributed by atoms with Crippen molar-refractivity contribution in [1.29, 1.82) is 0 Å². The summed E-state index contributed by atoms with van der Waals surface area (Å²) in [7, 11) is 0. The fourth-order valence-corrected chi connectivity index (χ4v) is 1.59. The maximum Gasteiger partial charge on any atom is 0.179 e. The van der Waals surface area contributed by atoms with Gasteiger partial charge in [0.05, 0.1) is 18.3 Å². The molecule has 0 saturated heterocycles. The van der Waals surface area contributed by atoms with Gasteiger partial charge in [0, 0.05) is 12.1 Å². The second-order valence-corrected chi connectivity index (χ2v) is 3.97. The van der Waals surface area contributed by atoms with E-state index in [0.717, 1.165) is 0 Å². The summed E-state index contributed by atoms with van der Waals surface area (Å²) in [6.45, 7) is 8.45. The van der Waals surface area contributed by atoms with Crippen LogP contribution in [0.2, 0.25) is 0 Å². The van der Waals surface area contributed by atoms with Gasteiger partial charge in [0.15, 0.2) is 5.78 Å². The first kappa shape index (κ1) is 14.3. The topological polar surface area (TPSA) is 64.3 Å². The molecule has 0 aliphatic carbocycles. The minimum atomic E-state index is -0.264. The lowest BCUT2D eigenvalue weighted by atomic mass is 10.0. The number of ether oxygens (including phenoxy) is 1. The zero-order valence-electron chi connectivity index (χ0n) is 10.9. The first-order valence-electron chi connectivity index (χ1n) is 6.01. The zero-order chi connectivity index (χ0) is 13.5. The Balaban J connectivity index is 2.80. The Morgan fingerprint density at radius 1 is 1.61 bits per heavy atom. The normalized spacial score (nSPS) is 11.9. The van der Waals surface area contributed by atoms with Crippen molar-refractivity contribution in [3.63, 3.8) is 0 Å². The molecule has 0 aliphatic rings. The molecule has 3 N–H and O–H groups in total. The molecule has 0 bridgehead atoms. The minimum absolute atomic E-state index is 0.00611. The van der Waals surface area contributed by atoms with Crippen molar-refractivity contribution in [2.24, 2.45) is 0 Å². The van der Waals surface area contributed by atoms with Gasteiger partial charge in [-0.05, 0) is 32.0 Å². The van der Waals surface area contributed by atoms with E-state index >= 15 is 0 Å². The predicted octanol–water partition coefficient (Wildman–Crippen LogP) is 2.01.